The van der Waals surface area contributed by atoms with Crippen LogP contribution in [0, 0.1) is 5.92 Å². The Hall–Kier alpha value is -0.290. The Labute approximate surface area is 88.6 Å². The Morgan fingerprint density at radius 1 is 1.47 bits per heavy atom. The number of halogens is 3. The minimum Gasteiger partial charge on any atom is -0.327 e. The van der Waals surface area contributed by atoms with Gasteiger partial charge in [0.05, 0.1) is 6.42 Å². The van der Waals surface area contributed by atoms with Crippen molar-refractivity contribution in [2.75, 3.05) is 13.1 Å². The predicted molar refractivity (Wildman–Crippen MR) is 53.5 cm³/mol. The molecule has 0 aliphatic carbocycles. The third-order valence-corrected chi connectivity index (χ3v) is 3.15. The molecule has 0 aromatic carbocycles. The van der Waals surface area contributed by atoms with Gasteiger partial charge in [0.15, 0.2) is 0 Å². The van der Waals surface area contributed by atoms with E-state index in [-0.39, 0.29) is 12.0 Å². The van der Waals surface area contributed by atoms with Crippen molar-refractivity contribution in [2.45, 2.75) is 44.9 Å². The molecule has 1 rings (SSSR count). The van der Waals surface area contributed by atoms with Gasteiger partial charge in [-0.3, -0.25) is 4.90 Å². The van der Waals surface area contributed by atoms with Crippen LogP contribution in [-0.4, -0.2) is 36.2 Å². The SMILES string of the molecule is CC1CN(C(C)CC(F)(F)F)CCC1N. The molecule has 0 aromatic heterocycles. The van der Waals surface area contributed by atoms with Crippen molar-refractivity contribution in [2.24, 2.45) is 11.7 Å². The Morgan fingerprint density at radius 2 is 2.07 bits per heavy atom. The molecule has 5 heteroatoms. The Kier molecular flexibility index (Phi) is 4.00. The molecule has 3 atom stereocenters. The van der Waals surface area contributed by atoms with Gasteiger partial charge in [-0.2, -0.15) is 13.2 Å². The van der Waals surface area contributed by atoms with Gasteiger partial charge in [-0.15, -0.1) is 0 Å². The van der Waals surface area contributed by atoms with E-state index in [2.05, 4.69) is 0 Å². The number of rotatable bonds is 2. The molecular weight excluding hydrogens is 205 g/mol. The van der Waals surface area contributed by atoms with E-state index in [1.165, 1.54) is 0 Å². The highest BCUT2D eigenvalue weighted by molar-refractivity contribution is 4.83. The van der Waals surface area contributed by atoms with E-state index in [0.29, 0.717) is 13.1 Å². The van der Waals surface area contributed by atoms with Crippen LogP contribution < -0.4 is 5.73 Å². The molecule has 0 radical (unpaired) electrons. The molecule has 0 spiro atoms. The fourth-order valence-electron chi connectivity index (χ4n) is 2.06. The molecule has 0 amide bonds. The van der Waals surface area contributed by atoms with Crippen LogP contribution in [-0.2, 0) is 0 Å². The highest BCUT2D eigenvalue weighted by atomic mass is 19.4. The maximum atomic E-state index is 12.2. The lowest BCUT2D eigenvalue weighted by Gasteiger charge is -2.38. The maximum absolute atomic E-state index is 12.2. The van der Waals surface area contributed by atoms with Gasteiger partial charge in [0, 0.05) is 18.6 Å². The van der Waals surface area contributed by atoms with Gasteiger partial charge in [0.2, 0.25) is 0 Å². The summed E-state index contributed by atoms with van der Waals surface area (Å²) in [6, 6.07) is -0.292. The van der Waals surface area contributed by atoms with Gasteiger partial charge in [0.25, 0.3) is 0 Å². The molecule has 3 unspecified atom stereocenters. The smallest absolute Gasteiger partial charge is 0.327 e. The fourth-order valence-corrected chi connectivity index (χ4v) is 2.06. The first-order valence-electron chi connectivity index (χ1n) is 5.36. The van der Waals surface area contributed by atoms with E-state index in [1.54, 1.807) is 6.92 Å². The average Bonchev–Trinajstić information content (AvgIpc) is 2.06. The van der Waals surface area contributed by atoms with Crippen molar-refractivity contribution < 1.29 is 13.2 Å². The second-order valence-electron chi connectivity index (χ2n) is 4.59. The monoisotopic (exact) mass is 224 g/mol. The largest absolute Gasteiger partial charge is 0.390 e. The third kappa shape index (κ3) is 3.99. The van der Waals surface area contributed by atoms with Crippen LogP contribution in [0.25, 0.3) is 0 Å². The van der Waals surface area contributed by atoms with E-state index in [0.717, 1.165) is 6.42 Å². The minimum atomic E-state index is -4.07. The van der Waals surface area contributed by atoms with Crippen molar-refractivity contribution in [1.29, 1.82) is 0 Å². The molecule has 90 valence electrons. The third-order valence-electron chi connectivity index (χ3n) is 3.15. The zero-order valence-electron chi connectivity index (χ0n) is 9.22. The first kappa shape index (κ1) is 12.8. The topological polar surface area (TPSA) is 29.3 Å². The zero-order chi connectivity index (χ0) is 11.6. The summed E-state index contributed by atoms with van der Waals surface area (Å²) < 4.78 is 36.6. The molecule has 15 heavy (non-hydrogen) atoms. The van der Waals surface area contributed by atoms with Crippen molar-refractivity contribution in [3.05, 3.63) is 0 Å². The van der Waals surface area contributed by atoms with Crippen LogP contribution in [0.5, 0.6) is 0 Å². The van der Waals surface area contributed by atoms with Gasteiger partial charge in [0.1, 0.15) is 0 Å². The summed E-state index contributed by atoms with van der Waals surface area (Å²) in [4.78, 5) is 1.89. The molecule has 0 aromatic rings. The lowest BCUT2D eigenvalue weighted by Crippen LogP contribution is -2.49. The fraction of sp³-hybridized carbons (Fsp3) is 1.00. The summed E-state index contributed by atoms with van der Waals surface area (Å²) in [5.41, 5.74) is 5.82. The van der Waals surface area contributed by atoms with E-state index in [4.69, 9.17) is 5.73 Å². The van der Waals surface area contributed by atoms with E-state index in [1.807, 2.05) is 11.8 Å². The molecule has 1 heterocycles. The summed E-state index contributed by atoms with van der Waals surface area (Å²) in [5.74, 6) is 0.287. The zero-order valence-corrected chi connectivity index (χ0v) is 9.22. The number of alkyl halides is 3. The van der Waals surface area contributed by atoms with Crippen molar-refractivity contribution >= 4 is 0 Å². The maximum Gasteiger partial charge on any atom is 0.390 e. The second-order valence-corrected chi connectivity index (χ2v) is 4.59. The molecule has 1 fully saturated rings. The van der Waals surface area contributed by atoms with Crippen molar-refractivity contribution in [3.8, 4) is 0 Å². The molecule has 1 aliphatic heterocycles. The molecule has 0 saturated carbocycles. The number of hydrogen-bond acceptors (Lipinski definition) is 2. The average molecular weight is 224 g/mol. The summed E-state index contributed by atoms with van der Waals surface area (Å²) in [7, 11) is 0. The van der Waals surface area contributed by atoms with Crippen LogP contribution in [0.3, 0.4) is 0 Å². The Morgan fingerprint density at radius 3 is 2.53 bits per heavy atom. The first-order chi connectivity index (χ1) is 6.79. The summed E-state index contributed by atoms with van der Waals surface area (Å²) in [6.07, 6.45) is -4.00. The van der Waals surface area contributed by atoms with Gasteiger partial charge < -0.3 is 5.73 Å². The van der Waals surface area contributed by atoms with Gasteiger partial charge in [-0.1, -0.05) is 6.92 Å². The standard InChI is InChI=1S/C10H19F3N2/c1-7-6-15(4-3-9(7)14)8(2)5-10(11,12)13/h7-9H,3-6,14H2,1-2H3. The van der Waals surface area contributed by atoms with E-state index < -0.39 is 18.6 Å². The van der Waals surface area contributed by atoms with E-state index in [9.17, 15) is 13.2 Å². The van der Waals surface area contributed by atoms with Crippen LogP contribution in [0.1, 0.15) is 26.7 Å². The molecule has 2 N–H and O–H groups in total. The van der Waals surface area contributed by atoms with Crippen molar-refractivity contribution in [3.63, 3.8) is 0 Å². The Balaban J connectivity index is 2.44. The quantitative estimate of drug-likeness (QED) is 0.777. The van der Waals surface area contributed by atoms with Crippen LogP contribution in [0.2, 0.25) is 0 Å². The molecular formula is C10H19F3N2. The number of nitrogens with zero attached hydrogens (tertiary/aromatic N) is 1. The normalized spacial score (nSPS) is 31.6. The van der Waals surface area contributed by atoms with Crippen LogP contribution in [0.15, 0.2) is 0 Å². The summed E-state index contributed by atoms with van der Waals surface area (Å²) >= 11 is 0. The predicted octanol–water partition coefficient (Wildman–Crippen LogP) is 2.00. The molecule has 0 bridgehead atoms. The molecule has 1 aliphatic rings. The highest BCUT2D eigenvalue weighted by Crippen LogP contribution is 2.26. The van der Waals surface area contributed by atoms with Crippen LogP contribution >= 0.6 is 0 Å². The highest BCUT2D eigenvalue weighted by Gasteiger charge is 2.34. The summed E-state index contributed by atoms with van der Waals surface area (Å²) in [5, 5.41) is 0. The lowest BCUT2D eigenvalue weighted by molar-refractivity contribution is -0.147. The second kappa shape index (κ2) is 4.70. The van der Waals surface area contributed by atoms with Crippen molar-refractivity contribution in [1.82, 2.24) is 4.90 Å². The number of piperidine rings is 1. The molecule has 2 nitrogen and oxygen atoms in total. The molecule has 1 saturated heterocycles. The van der Waals surface area contributed by atoms with Crippen LogP contribution in [0.4, 0.5) is 13.2 Å². The van der Waals surface area contributed by atoms with Gasteiger partial charge in [-0.05, 0) is 25.8 Å². The summed E-state index contributed by atoms with van der Waals surface area (Å²) in [6.45, 7) is 5.00. The Bertz CT molecular complexity index is 205. The number of likely N-dealkylation sites (tertiary alicyclic amines) is 1. The van der Waals surface area contributed by atoms with Gasteiger partial charge >= 0.3 is 6.18 Å². The number of nitrogens with two attached hydrogens (primary N) is 1. The lowest BCUT2D eigenvalue weighted by atomic mass is 9.93. The van der Waals surface area contributed by atoms with E-state index >= 15 is 0 Å². The number of hydrogen-bond donors (Lipinski definition) is 1. The first-order valence-corrected chi connectivity index (χ1v) is 5.36. The minimum absolute atomic E-state index is 0.138. The van der Waals surface area contributed by atoms with Gasteiger partial charge in [-0.25, -0.2) is 0 Å².